The molecule has 2 rings (SSSR count). The molecular formula is C16H18ClN3O. The number of hydrogen-bond acceptors (Lipinski definition) is 3. The lowest BCUT2D eigenvalue weighted by Crippen LogP contribution is -2.31. The molecule has 0 unspecified atom stereocenters. The number of benzene rings is 1. The van der Waals surface area contributed by atoms with E-state index < -0.39 is 5.91 Å². The van der Waals surface area contributed by atoms with Crippen LogP contribution < -0.4 is 5.32 Å². The fraction of sp³-hybridized carbons (Fsp3) is 0.375. The quantitative estimate of drug-likeness (QED) is 0.687. The maximum absolute atomic E-state index is 12.1. The normalized spacial score (nSPS) is 19.0. The van der Waals surface area contributed by atoms with Crippen molar-refractivity contribution in [1.29, 1.82) is 5.26 Å². The number of hydrogen-bond donors (Lipinski definition) is 1. The van der Waals surface area contributed by atoms with Crippen LogP contribution in [0.25, 0.3) is 0 Å². The summed E-state index contributed by atoms with van der Waals surface area (Å²) in [5, 5.41) is 12.4. The predicted molar refractivity (Wildman–Crippen MR) is 83.7 cm³/mol. The fourth-order valence-electron chi connectivity index (χ4n) is 2.43. The molecule has 1 aromatic carbocycles. The molecule has 110 valence electrons. The molecule has 1 heterocycles. The molecule has 0 bridgehead atoms. The van der Waals surface area contributed by atoms with Crippen molar-refractivity contribution in [2.75, 3.05) is 18.4 Å². The minimum Gasteiger partial charge on any atom is -0.376 e. The van der Waals surface area contributed by atoms with Crippen molar-refractivity contribution in [1.82, 2.24) is 4.90 Å². The summed E-state index contributed by atoms with van der Waals surface area (Å²) >= 11 is 5.87. The van der Waals surface area contributed by atoms with Gasteiger partial charge in [0.05, 0.1) is 0 Å². The van der Waals surface area contributed by atoms with Gasteiger partial charge in [0.25, 0.3) is 5.91 Å². The van der Waals surface area contributed by atoms with Crippen LogP contribution in [-0.4, -0.2) is 23.9 Å². The molecule has 0 radical (unpaired) electrons. The Morgan fingerprint density at radius 3 is 3.05 bits per heavy atom. The van der Waals surface area contributed by atoms with Crippen molar-refractivity contribution in [2.45, 2.75) is 19.8 Å². The second kappa shape index (κ2) is 7.14. The number of nitrogens with zero attached hydrogens (tertiary/aromatic N) is 2. The number of nitrogens with one attached hydrogen (secondary N) is 1. The van der Waals surface area contributed by atoms with Gasteiger partial charge in [-0.15, -0.1) is 0 Å². The van der Waals surface area contributed by atoms with Gasteiger partial charge < -0.3 is 10.2 Å². The zero-order valence-corrected chi connectivity index (χ0v) is 12.7. The van der Waals surface area contributed by atoms with Crippen molar-refractivity contribution in [3.63, 3.8) is 0 Å². The van der Waals surface area contributed by atoms with Gasteiger partial charge in [-0.1, -0.05) is 24.6 Å². The minimum absolute atomic E-state index is 0.115. The van der Waals surface area contributed by atoms with E-state index in [1.54, 1.807) is 30.5 Å². The summed E-state index contributed by atoms with van der Waals surface area (Å²) in [6.07, 6.45) is 3.95. The molecule has 1 amide bonds. The molecule has 1 aromatic rings. The molecule has 0 spiro atoms. The van der Waals surface area contributed by atoms with E-state index in [0.29, 0.717) is 16.6 Å². The number of amides is 1. The van der Waals surface area contributed by atoms with Gasteiger partial charge in [-0.25, -0.2) is 0 Å². The summed E-state index contributed by atoms with van der Waals surface area (Å²) in [6, 6.07) is 8.84. The Morgan fingerprint density at radius 2 is 2.38 bits per heavy atom. The van der Waals surface area contributed by atoms with Gasteiger partial charge in [-0.05, 0) is 37.0 Å². The third-order valence-corrected chi connectivity index (χ3v) is 3.68. The number of carbonyl (C=O) groups is 1. The minimum atomic E-state index is -0.405. The van der Waals surface area contributed by atoms with Crippen LogP contribution in [-0.2, 0) is 4.79 Å². The number of likely N-dealkylation sites (tertiary alicyclic amines) is 1. The molecule has 0 aliphatic carbocycles. The van der Waals surface area contributed by atoms with Crippen LogP contribution in [0.15, 0.2) is 36.0 Å². The highest BCUT2D eigenvalue weighted by Gasteiger charge is 2.16. The first kappa shape index (κ1) is 15.4. The number of piperidine rings is 1. The maximum atomic E-state index is 12.1. The van der Waals surface area contributed by atoms with E-state index in [4.69, 9.17) is 11.6 Å². The van der Waals surface area contributed by atoms with Crippen molar-refractivity contribution in [2.24, 2.45) is 5.92 Å². The van der Waals surface area contributed by atoms with Gasteiger partial charge in [0.15, 0.2) is 0 Å². The summed E-state index contributed by atoms with van der Waals surface area (Å²) < 4.78 is 0. The highest BCUT2D eigenvalue weighted by molar-refractivity contribution is 6.31. The lowest BCUT2D eigenvalue weighted by molar-refractivity contribution is -0.112. The standard InChI is InChI=1S/C16H18ClN3O/c1-12-4-3-7-20(10-12)11-13(9-18)16(21)19-15-6-2-5-14(17)8-15/h2,5-6,8,11-12H,3-4,7,10H2,1H3,(H,19,21)/b13-11+/t12-/m0/s1. The Kier molecular flexibility index (Phi) is 5.24. The largest absolute Gasteiger partial charge is 0.376 e. The van der Waals surface area contributed by atoms with Crippen LogP contribution in [0.1, 0.15) is 19.8 Å². The van der Waals surface area contributed by atoms with Crippen molar-refractivity contribution < 1.29 is 4.79 Å². The van der Waals surface area contributed by atoms with Crippen LogP contribution in [0.2, 0.25) is 5.02 Å². The summed E-state index contributed by atoms with van der Waals surface area (Å²) in [6.45, 7) is 3.95. The first-order chi connectivity index (χ1) is 10.1. The number of halogens is 1. The van der Waals surface area contributed by atoms with E-state index in [1.165, 1.54) is 6.42 Å². The lowest BCUT2D eigenvalue weighted by Gasteiger charge is -2.29. The Balaban J connectivity index is 2.06. The number of carbonyl (C=O) groups excluding carboxylic acids is 1. The maximum Gasteiger partial charge on any atom is 0.267 e. The van der Waals surface area contributed by atoms with E-state index >= 15 is 0 Å². The van der Waals surface area contributed by atoms with Gasteiger partial charge >= 0.3 is 0 Å². The van der Waals surface area contributed by atoms with E-state index in [-0.39, 0.29) is 5.57 Å². The topological polar surface area (TPSA) is 56.1 Å². The third-order valence-electron chi connectivity index (χ3n) is 3.45. The Labute approximate surface area is 130 Å². The summed E-state index contributed by atoms with van der Waals surface area (Å²) in [5.41, 5.74) is 0.699. The highest BCUT2D eigenvalue weighted by Crippen LogP contribution is 2.18. The summed E-state index contributed by atoms with van der Waals surface area (Å²) in [4.78, 5) is 14.2. The molecule has 1 aliphatic heterocycles. The molecule has 5 heteroatoms. The van der Waals surface area contributed by atoms with Crippen LogP contribution in [0.4, 0.5) is 5.69 Å². The zero-order valence-electron chi connectivity index (χ0n) is 12.0. The van der Waals surface area contributed by atoms with Gasteiger partial charge in [-0.3, -0.25) is 4.79 Å². The first-order valence-corrected chi connectivity index (χ1v) is 7.39. The molecule has 0 aromatic heterocycles. The number of anilines is 1. The van der Waals surface area contributed by atoms with Crippen molar-refractivity contribution in [3.8, 4) is 6.07 Å². The average molecular weight is 304 g/mol. The molecule has 4 nitrogen and oxygen atoms in total. The molecular weight excluding hydrogens is 286 g/mol. The van der Waals surface area contributed by atoms with Gasteiger partial charge in [0, 0.05) is 30.0 Å². The van der Waals surface area contributed by atoms with E-state index in [2.05, 4.69) is 12.2 Å². The van der Waals surface area contributed by atoms with Crippen LogP contribution in [0.3, 0.4) is 0 Å². The monoisotopic (exact) mass is 303 g/mol. The summed E-state index contributed by atoms with van der Waals surface area (Å²) in [7, 11) is 0. The first-order valence-electron chi connectivity index (χ1n) is 7.01. The second-order valence-corrected chi connectivity index (χ2v) is 5.80. The fourth-order valence-corrected chi connectivity index (χ4v) is 2.62. The molecule has 1 N–H and O–H groups in total. The molecule has 1 saturated heterocycles. The average Bonchev–Trinajstić information content (AvgIpc) is 2.44. The number of nitriles is 1. The van der Waals surface area contributed by atoms with E-state index in [1.807, 2.05) is 11.0 Å². The van der Waals surface area contributed by atoms with Crippen LogP contribution in [0, 0.1) is 17.2 Å². The van der Waals surface area contributed by atoms with E-state index in [0.717, 1.165) is 19.5 Å². The van der Waals surface area contributed by atoms with Crippen LogP contribution >= 0.6 is 11.6 Å². The Hall–Kier alpha value is -1.99. The third kappa shape index (κ3) is 4.51. The summed E-state index contributed by atoms with van der Waals surface area (Å²) in [5.74, 6) is 0.184. The highest BCUT2D eigenvalue weighted by atomic mass is 35.5. The molecule has 0 saturated carbocycles. The van der Waals surface area contributed by atoms with Crippen molar-refractivity contribution >= 4 is 23.2 Å². The van der Waals surface area contributed by atoms with Gasteiger partial charge in [0.2, 0.25) is 0 Å². The molecule has 1 atom stereocenters. The Bertz CT molecular complexity index is 591. The van der Waals surface area contributed by atoms with Crippen LogP contribution in [0.5, 0.6) is 0 Å². The predicted octanol–water partition coefficient (Wildman–Crippen LogP) is 3.42. The SMILES string of the molecule is C[C@H]1CCCN(/C=C(\C#N)C(=O)Nc2cccc(Cl)c2)C1. The second-order valence-electron chi connectivity index (χ2n) is 5.36. The Morgan fingerprint density at radius 1 is 1.57 bits per heavy atom. The van der Waals surface area contributed by atoms with Gasteiger partial charge in [-0.2, -0.15) is 5.26 Å². The van der Waals surface area contributed by atoms with E-state index in [9.17, 15) is 10.1 Å². The molecule has 21 heavy (non-hydrogen) atoms. The van der Waals surface area contributed by atoms with Gasteiger partial charge in [0.1, 0.15) is 11.6 Å². The smallest absolute Gasteiger partial charge is 0.267 e. The molecule has 1 fully saturated rings. The molecule has 1 aliphatic rings. The van der Waals surface area contributed by atoms with Crippen molar-refractivity contribution in [3.05, 3.63) is 41.1 Å². The number of rotatable bonds is 3. The lowest BCUT2D eigenvalue weighted by atomic mass is 10.0. The zero-order chi connectivity index (χ0) is 15.2.